The molecule has 1 amide bonds. The number of carbonyl (C=O) groups excluding carboxylic acids is 1. The lowest BCUT2D eigenvalue weighted by Gasteiger charge is -2.16. The predicted molar refractivity (Wildman–Crippen MR) is 53.2 cm³/mol. The molecular formula is C9H13N5O. The third kappa shape index (κ3) is 2.33. The van der Waals surface area contributed by atoms with Crippen molar-refractivity contribution in [3.8, 4) is 6.07 Å². The monoisotopic (exact) mass is 207 g/mol. The predicted octanol–water partition coefficient (Wildman–Crippen LogP) is 0.0859. The molecule has 0 fully saturated rings. The quantitative estimate of drug-likeness (QED) is 0.415. The fraction of sp³-hybridized carbons (Fsp3) is 0.444. The van der Waals surface area contributed by atoms with Gasteiger partial charge >= 0.3 is 0 Å². The first-order valence-electron chi connectivity index (χ1n) is 4.68. The summed E-state index contributed by atoms with van der Waals surface area (Å²) in [6.45, 7) is 1.96. The molecule has 0 spiro atoms. The van der Waals surface area contributed by atoms with Crippen LogP contribution in [0.25, 0.3) is 0 Å². The average Bonchev–Trinajstić information content (AvgIpc) is 2.72. The van der Waals surface area contributed by atoms with Gasteiger partial charge in [-0.1, -0.05) is 13.3 Å². The van der Waals surface area contributed by atoms with Crippen LogP contribution in [-0.4, -0.2) is 15.5 Å². The van der Waals surface area contributed by atoms with Gasteiger partial charge in [0.15, 0.2) is 0 Å². The van der Waals surface area contributed by atoms with E-state index in [9.17, 15) is 4.79 Å². The van der Waals surface area contributed by atoms with Crippen molar-refractivity contribution in [2.75, 3.05) is 0 Å². The van der Waals surface area contributed by atoms with E-state index in [1.165, 1.54) is 10.8 Å². The van der Waals surface area contributed by atoms with Gasteiger partial charge in [-0.15, -0.1) is 0 Å². The Kier molecular flexibility index (Phi) is 3.83. The van der Waals surface area contributed by atoms with Crippen molar-refractivity contribution in [1.82, 2.24) is 15.0 Å². The van der Waals surface area contributed by atoms with Crippen molar-refractivity contribution in [3.05, 3.63) is 18.2 Å². The average molecular weight is 207 g/mol. The van der Waals surface area contributed by atoms with Crippen LogP contribution in [0.4, 0.5) is 0 Å². The molecule has 0 aliphatic carbocycles. The second kappa shape index (κ2) is 5.12. The van der Waals surface area contributed by atoms with Gasteiger partial charge < -0.3 is 4.57 Å². The van der Waals surface area contributed by atoms with Crippen LogP contribution in [0.1, 0.15) is 31.6 Å². The Balaban J connectivity index is 2.99. The number of nitriles is 1. The number of hydrazine groups is 1. The Morgan fingerprint density at radius 1 is 1.87 bits per heavy atom. The molecular weight excluding hydrogens is 194 g/mol. The molecule has 6 heteroatoms. The maximum Gasteiger partial charge on any atom is 0.257 e. The first kappa shape index (κ1) is 11.2. The van der Waals surface area contributed by atoms with Gasteiger partial charge in [-0.2, -0.15) is 5.26 Å². The Morgan fingerprint density at radius 3 is 3.13 bits per heavy atom. The maximum absolute atomic E-state index is 11.5. The second-order valence-electron chi connectivity index (χ2n) is 3.08. The summed E-state index contributed by atoms with van der Waals surface area (Å²) in [5, 5.41) is 8.78. The molecule has 0 aromatic carbocycles. The van der Waals surface area contributed by atoms with Crippen molar-refractivity contribution in [2.45, 2.75) is 25.8 Å². The minimum absolute atomic E-state index is 0.219. The van der Waals surface area contributed by atoms with Crippen molar-refractivity contribution in [2.24, 2.45) is 5.84 Å². The van der Waals surface area contributed by atoms with Gasteiger partial charge in [0.25, 0.3) is 5.91 Å². The summed E-state index contributed by atoms with van der Waals surface area (Å²) in [6, 6.07) is 1.46. The van der Waals surface area contributed by atoms with E-state index in [-0.39, 0.29) is 11.7 Å². The molecule has 15 heavy (non-hydrogen) atoms. The summed E-state index contributed by atoms with van der Waals surface area (Å²) in [4.78, 5) is 15.3. The number of carbonyl (C=O) groups is 1. The SMILES string of the molecule is CCCC(C(=O)NN)n1ccnc1C#N. The van der Waals surface area contributed by atoms with E-state index in [4.69, 9.17) is 11.1 Å². The van der Waals surface area contributed by atoms with Crippen LogP contribution in [0.5, 0.6) is 0 Å². The van der Waals surface area contributed by atoms with Gasteiger partial charge in [0.1, 0.15) is 12.1 Å². The zero-order valence-electron chi connectivity index (χ0n) is 8.47. The number of nitrogens with one attached hydrogen (secondary N) is 1. The molecule has 3 N–H and O–H groups in total. The molecule has 1 aromatic rings. The lowest BCUT2D eigenvalue weighted by atomic mass is 10.1. The summed E-state index contributed by atoms with van der Waals surface area (Å²) < 4.78 is 1.53. The molecule has 0 saturated heterocycles. The Morgan fingerprint density at radius 2 is 2.60 bits per heavy atom. The van der Waals surface area contributed by atoms with Gasteiger partial charge in [0.05, 0.1) is 0 Å². The van der Waals surface area contributed by atoms with Crippen LogP contribution in [0, 0.1) is 11.3 Å². The zero-order chi connectivity index (χ0) is 11.3. The van der Waals surface area contributed by atoms with E-state index in [0.29, 0.717) is 6.42 Å². The molecule has 1 rings (SSSR count). The number of nitrogens with two attached hydrogens (primary N) is 1. The Hall–Kier alpha value is -1.87. The molecule has 0 aliphatic rings. The third-order valence-corrected chi connectivity index (χ3v) is 2.11. The van der Waals surface area contributed by atoms with Crippen LogP contribution >= 0.6 is 0 Å². The van der Waals surface area contributed by atoms with Crippen LogP contribution < -0.4 is 11.3 Å². The summed E-state index contributed by atoms with van der Waals surface area (Å²) in [6.07, 6.45) is 4.54. The Bertz CT molecular complexity index is 378. The molecule has 1 unspecified atom stereocenters. The third-order valence-electron chi connectivity index (χ3n) is 2.11. The minimum Gasteiger partial charge on any atom is -0.310 e. The maximum atomic E-state index is 11.5. The minimum atomic E-state index is -0.461. The van der Waals surface area contributed by atoms with Crippen LogP contribution in [0.2, 0.25) is 0 Å². The number of hydrogen-bond acceptors (Lipinski definition) is 4. The highest BCUT2D eigenvalue weighted by Gasteiger charge is 2.20. The molecule has 0 radical (unpaired) electrons. The van der Waals surface area contributed by atoms with Crippen molar-refractivity contribution >= 4 is 5.91 Å². The van der Waals surface area contributed by atoms with Crippen molar-refractivity contribution in [1.29, 1.82) is 5.26 Å². The number of nitrogens with zero attached hydrogens (tertiary/aromatic N) is 3. The molecule has 0 saturated carbocycles. The van der Waals surface area contributed by atoms with Gasteiger partial charge in [-0.25, -0.2) is 10.8 Å². The molecule has 1 aromatic heterocycles. The van der Waals surface area contributed by atoms with E-state index < -0.39 is 6.04 Å². The lowest BCUT2D eigenvalue weighted by molar-refractivity contribution is -0.124. The highest BCUT2D eigenvalue weighted by molar-refractivity contribution is 5.79. The molecule has 1 atom stereocenters. The fourth-order valence-electron chi connectivity index (χ4n) is 1.42. The lowest BCUT2D eigenvalue weighted by Crippen LogP contribution is -2.37. The summed E-state index contributed by atoms with van der Waals surface area (Å²) in [7, 11) is 0. The fourth-order valence-corrected chi connectivity index (χ4v) is 1.42. The second-order valence-corrected chi connectivity index (χ2v) is 3.08. The molecule has 80 valence electrons. The van der Waals surface area contributed by atoms with Crippen LogP contribution in [-0.2, 0) is 4.79 Å². The van der Waals surface area contributed by atoms with Crippen LogP contribution in [0.15, 0.2) is 12.4 Å². The van der Waals surface area contributed by atoms with Gasteiger partial charge in [0, 0.05) is 12.4 Å². The Labute approximate surface area is 87.7 Å². The summed E-state index contributed by atoms with van der Waals surface area (Å²) in [5.74, 6) is 4.99. The van der Waals surface area contributed by atoms with Gasteiger partial charge in [0.2, 0.25) is 5.82 Å². The zero-order valence-corrected chi connectivity index (χ0v) is 8.47. The van der Waals surface area contributed by atoms with Gasteiger partial charge in [-0.05, 0) is 6.42 Å². The number of rotatable bonds is 4. The van der Waals surface area contributed by atoms with Crippen LogP contribution in [0.3, 0.4) is 0 Å². The normalized spacial score (nSPS) is 11.8. The number of hydrogen-bond donors (Lipinski definition) is 2. The number of imidazole rings is 1. The topological polar surface area (TPSA) is 96.7 Å². The first-order valence-corrected chi connectivity index (χ1v) is 4.68. The molecule has 1 heterocycles. The van der Waals surface area contributed by atoms with Gasteiger partial charge in [-0.3, -0.25) is 10.2 Å². The summed E-state index contributed by atoms with van der Waals surface area (Å²) in [5.41, 5.74) is 2.09. The highest BCUT2D eigenvalue weighted by atomic mass is 16.2. The number of amides is 1. The highest BCUT2D eigenvalue weighted by Crippen LogP contribution is 2.15. The molecule has 0 aliphatic heterocycles. The van der Waals surface area contributed by atoms with Crippen molar-refractivity contribution in [3.63, 3.8) is 0 Å². The largest absolute Gasteiger partial charge is 0.310 e. The van der Waals surface area contributed by atoms with E-state index in [0.717, 1.165) is 6.42 Å². The number of aromatic nitrogens is 2. The van der Waals surface area contributed by atoms with Crippen molar-refractivity contribution < 1.29 is 4.79 Å². The van der Waals surface area contributed by atoms with E-state index in [1.54, 1.807) is 6.20 Å². The smallest absolute Gasteiger partial charge is 0.257 e. The van der Waals surface area contributed by atoms with E-state index in [2.05, 4.69) is 10.4 Å². The molecule has 6 nitrogen and oxygen atoms in total. The first-order chi connectivity index (χ1) is 7.24. The standard InChI is InChI=1S/C9H13N5O/c1-2-3-7(9(15)13-11)14-5-4-12-8(14)6-10/h4-5,7H,2-3,11H2,1H3,(H,13,15). The van der Waals surface area contributed by atoms with E-state index >= 15 is 0 Å². The summed E-state index contributed by atoms with van der Waals surface area (Å²) >= 11 is 0. The van der Waals surface area contributed by atoms with E-state index in [1.807, 2.05) is 13.0 Å². The molecule has 0 bridgehead atoms.